The number of amides is 1. The zero-order chi connectivity index (χ0) is 12.2. The van der Waals surface area contributed by atoms with Gasteiger partial charge in [0.05, 0.1) is 6.54 Å². The summed E-state index contributed by atoms with van der Waals surface area (Å²) >= 11 is 0. The van der Waals surface area contributed by atoms with Gasteiger partial charge in [-0.05, 0) is 31.3 Å². The number of carbonyl (C=O) groups excluding carboxylic acids is 1. The highest BCUT2D eigenvalue weighted by Crippen LogP contribution is 2.20. The number of rotatable bonds is 5. The first-order valence-corrected chi connectivity index (χ1v) is 6.11. The van der Waals surface area contributed by atoms with Crippen LogP contribution < -0.4 is 5.73 Å². The summed E-state index contributed by atoms with van der Waals surface area (Å²) in [6.07, 6.45) is 2.26. The molecule has 0 spiro atoms. The maximum atomic E-state index is 11.5. The molecular formula is C12H25N3O. The monoisotopic (exact) mass is 227 g/mol. The Balaban J connectivity index is 2.21. The van der Waals surface area contributed by atoms with Gasteiger partial charge in [-0.3, -0.25) is 9.69 Å². The van der Waals surface area contributed by atoms with Crippen LogP contribution in [0.1, 0.15) is 26.7 Å². The van der Waals surface area contributed by atoms with Gasteiger partial charge in [-0.25, -0.2) is 0 Å². The Morgan fingerprint density at radius 2 is 2.06 bits per heavy atom. The highest BCUT2D eigenvalue weighted by atomic mass is 16.2. The standard InChI is InChI=1S/C12H25N3O/c1-12(2,10-13)5-4-6-15-8-7-14(3)11(16)9-15/h4-10,13H2,1-3H3. The van der Waals surface area contributed by atoms with Gasteiger partial charge < -0.3 is 10.6 Å². The lowest BCUT2D eigenvalue weighted by molar-refractivity contribution is -0.134. The van der Waals surface area contributed by atoms with Gasteiger partial charge in [0.2, 0.25) is 5.91 Å². The molecule has 0 aromatic heterocycles. The van der Waals surface area contributed by atoms with Gasteiger partial charge in [-0.2, -0.15) is 0 Å². The smallest absolute Gasteiger partial charge is 0.236 e. The number of nitrogens with two attached hydrogens (primary N) is 1. The molecule has 1 fully saturated rings. The van der Waals surface area contributed by atoms with Crippen LogP contribution in [0, 0.1) is 5.41 Å². The Labute approximate surface area is 98.8 Å². The number of likely N-dealkylation sites (N-methyl/N-ethyl adjacent to an activating group) is 1. The number of hydrogen-bond donors (Lipinski definition) is 1. The largest absolute Gasteiger partial charge is 0.343 e. The van der Waals surface area contributed by atoms with Crippen LogP contribution in [0.15, 0.2) is 0 Å². The first-order valence-electron chi connectivity index (χ1n) is 6.11. The van der Waals surface area contributed by atoms with E-state index in [-0.39, 0.29) is 11.3 Å². The number of nitrogens with zero attached hydrogens (tertiary/aromatic N) is 2. The highest BCUT2D eigenvalue weighted by Gasteiger charge is 2.21. The SMILES string of the molecule is CN1CCN(CCCC(C)(C)CN)CC1=O. The van der Waals surface area contributed by atoms with E-state index in [4.69, 9.17) is 5.73 Å². The summed E-state index contributed by atoms with van der Waals surface area (Å²) < 4.78 is 0. The molecule has 4 heteroatoms. The van der Waals surface area contributed by atoms with E-state index in [2.05, 4.69) is 18.7 Å². The van der Waals surface area contributed by atoms with Crippen molar-refractivity contribution in [2.75, 3.05) is 39.8 Å². The van der Waals surface area contributed by atoms with Crippen LogP contribution in [0.4, 0.5) is 0 Å². The molecule has 16 heavy (non-hydrogen) atoms. The molecule has 0 saturated carbocycles. The second kappa shape index (κ2) is 5.64. The third-order valence-electron chi connectivity index (χ3n) is 3.42. The summed E-state index contributed by atoms with van der Waals surface area (Å²) in [5.74, 6) is 0.240. The van der Waals surface area contributed by atoms with Crippen LogP contribution in [-0.2, 0) is 4.79 Å². The molecule has 2 N–H and O–H groups in total. The molecule has 1 aliphatic rings. The number of hydrogen-bond acceptors (Lipinski definition) is 3. The normalized spacial score (nSPS) is 19.2. The van der Waals surface area contributed by atoms with E-state index < -0.39 is 0 Å². The minimum absolute atomic E-state index is 0.233. The van der Waals surface area contributed by atoms with Crippen molar-refractivity contribution >= 4 is 5.91 Å². The third-order valence-corrected chi connectivity index (χ3v) is 3.42. The predicted octanol–water partition coefficient (Wildman–Crippen LogP) is 0.526. The Kier molecular flexibility index (Phi) is 4.74. The summed E-state index contributed by atoms with van der Waals surface area (Å²) in [5.41, 5.74) is 5.92. The van der Waals surface area contributed by atoms with Crippen LogP contribution in [0.2, 0.25) is 0 Å². The minimum atomic E-state index is 0.233. The van der Waals surface area contributed by atoms with E-state index in [1.54, 1.807) is 4.90 Å². The second-order valence-corrected chi connectivity index (χ2v) is 5.56. The van der Waals surface area contributed by atoms with E-state index >= 15 is 0 Å². The molecular weight excluding hydrogens is 202 g/mol. The first kappa shape index (κ1) is 13.5. The van der Waals surface area contributed by atoms with E-state index in [1.807, 2.05) is 7.05 Å². The molecule has 1 amide bonds. The summed E-state index contributed by atoms with van der Waals surface area (Å²) in [6, 6.07) is 0. The van der Waals surface area contributed by atoms with Crippen molar-refractivity contribution in [3.63, 3.8) is 0 Å². The summed E-state index contributed by atoms with van der Waals surface area (Å²) in [4.78, 5) is 15.5. The van der Waals surface area contributed by atoms with Crippen molar-refractivity contribution in [3.05, 3.63) is 0 Å². The molecule has 1 saturated heterocycles. The van der Waals surface area contributed by atoms with E-state index in [0.29, 0.717) is 6.54 Å². The molecule has 0 atom stereocenters. The summed E-state index contributed by atoms with van der Waals surface area (Å²) in [5, 5.41) is 0. The molecule has 0 radical (unpaired) electrons. The lowest BCUT2D eigenvalue weighted by Crippen LogP contribution is -2.48. The maximum absolute atomic E-state index is 11.5. The molecule has 1 rings (SSSR count). The minimum Gasteiger partial charge on any atom is -0.343 e. The zero-order valence-electron chi connectivity index (χ0n) is 10.8. The summed E-state index contributed by atoms with van der Waals surface area (Å²) in [6.45, 7) is 8.59. The number of piperazine rings is 1. The maximum Gasteiger partial charge on any atom is 0.236 e. The van der Waals surface area contributed by atoms with E-state index in [0.717, 1.165) is 39.0 Å². The fraction of sp³-hybridized carbons (Fsp3) is 0.917. The molecule has 0 bridgehead atoms. The van der Waals surface area contributed by atoms with Crippen molar-refractivity contribution < 1.29 is 4.79 Å². The van der Waals surface area contributed by atoms with E-state index in [9.17, 15) is 4.79 Å². The van der Waals surface area contributed by atoms with Crippen LogP contribution in [0.5, 0.6) is 0 Å². The fourth-order valence-electron chi connectivity index (χ4n) is 1.88. The molecule has 0 aliphatic carbocycles. The molecule has 0 aromatic carbocycles. The first-order chi connectivity index (χ1) is 7.44. The van der Waals surface area contributed by atoms with Crippen LogP contribution >= 0.6 is 0 Å². The highest BCUT2D eigenvalue weighted by molar-refractivity contribution is 5.78. The average molecular weight is 227 g/mol. The Morgan fingerprint density at radius 1 is 1.38 bits per heavy atom. The molecule has 1 heterocycles. The topological polar surface area (TPSA) is 49.6 Å². The molecule has 0 unspecified atom stereocenters. The lowest BCUT2D eigenvalue weighted by Gasteiger charge is -2.32. The predicted molar refractivity (Wildman–Crippen MR) is 66.1 cm³/mol. The summed E-state index contributed by atoms with van der Waals surface area (Å²) in [7, 11) is 1.87. The van der Waals surface area contributed by atoms with Crippen LogP contribution in [0.3, 0.4) is 0 Å². The Morgan fingerprint density at radius 3 is 2.62 bits per heavy atom. The van der Waals surface area contributed by atoms with Gasteiger partial charge in [0.15, 0.2) is 0 Å². The average Bonchev–Trinajstić information content (AvgIpc) is 2.23. The Hall–Kier alpha value is -0.610. The third kappa shape index (κ3) is 4.10. The molecule has 94 valence electrons. The lowest BCUT2D eigenvalue weighted by atomic mass is 9.88. The van der Waals surface area contributed by atoms with Crippen molar-refractivity contribution in [1.82, 2.24) is 9.80 Å². The second-order valence-electron chi connectivity index (χ2n) is 5.56. The molecule has 1 aliphatic heterocycles. The van der Waals surface area contributed by atoms with Crippen molar-refractivity contribution in [3.8, 4) is 0 Å². The Bertz CT molecular complexity index is 240. The van der Waals surface area contributed by atoms with Gasteiger partial charge in [0.1, 0.15) is 0 Å². The van der Waals surface area contributed by atoms with Crippen LogP contribution in [-0.4, -0.2) is 55.5 Å². The quantitative estimate of drug-likeness (QED) is 0.745. The van der Waals surface area contributed by atoms with Crippen molar-refractivity contribution in [2.24, 2.45) is 11.1 Å². The molecule has 4 nitrogen and oxygen atoms in total. The fourth-order valence-corrected chi connectivity index (χ4v) is 1.88. The van der Waals surface area contributed by atoms with E-state index in [1.165, 1.54) is 0 Å². The molecule has 0 aromatic rings. The number of carbonyl (C=O) groups is 1. The zero-order valence-corrected chi connectivity index (χ0v) is 10.8. The van der Waals surface area contributed by atoms with Gasteiger partial charge in [-0.15, -0.1) is 0 Å². The van der Waals surface area contributed by atoms with Gasteiger partial charge >= 0.3 is 0 Å². The van der Waals surface area contributed by atoms with Gasteiger partial charge in [0.25, 0.3) is 0 Å². The van der Waals surface area contributed by atoms with Crippen molar-refractivity contribution in [1.29, 1.82) is 0 Å². The van der Waals surface area contributed by atoms with Crippen LogP contribution in [0.25, 0.3) is 0 Å². The van der Waals surface area contributed by atoms with Gasteiger partial charge in [-0.1, -0.05) is 13.8 Å². The van der Waals surface area contributed by atoms with Crippen molar-refractivity contribution in [2.45, 2.75) is 26.7 Å². The van der Waals surface area contributed by atoms with Gasteiger partial charge in [0, 0.05) is 20.1 Å².